The van der Waals surface area contributed by atoms with Crippen molar-refractivity contribution in [2.45, 2.75) is 0 Å². The maximum atomic E-state index is 13.6. The third kappa shape index (κ3) is 3.21. The highest BCUT2D eigenvalue weighted by atomic mass is 19.1. The number of amides is 1. The van der Waals surface area contributed by atoms with Crippen LogP contribution in [-0.4, -0.2) is 46.8 Å². The second kappa shape index (κ2) is 7.03. The van der Waals surface area contributed by atoms with Crippen molar-refractivity contribution in [1.29, 1.82) is 0 Å². The molecule has 1 aromatic heterocycles. The molecule has 2 heterocycles. The minimum Gasteiger partial charge on any atom is -0.368 e. The van der Waals surface area contributed by atoms with Gasteiger partial charge in [-0.05, 0) is 42.5 Å². The zero-order valence-electron chi connectivity index (χ0n) is 15.2. The highest BCUT2D eigenvalue weighted by molar-refractivity contribution is 5.95. The van der Waals surface area contributed by atoms with Crippen LogP contribution in [0.4, 0.5) is 14.5 Å². The molecule has 6 nitrogen and oxygen atoms in total. The first kappa shape index (κ1) is 18.1. The van der Waals surface area contributed by atoms with Crippen LogP contribution in [0.1, 0.15) is 10.5 Å². The summed E-state index contributed by atoms with van der Waals surface area (Å²) < 4.78 is 28.1. The van der Waals surface area contributed by atoms with Gasteiger partial charge < -0.3 is 9.80 Å². The fraction of sp³-hybridized carbons (Fsp3) is 0.250. The average molecular weight is 384 g/mol. The maximum Gasteiger partial charge on any atom is 0.278 e. The molecule has 1 aliphatic heterocycles. The number of carbonyl (C=O) groups excluding carboxylic acids is 1. The van der Waals surface area contributed by atoms with Gasteiger partial charge in [-0.25, -0.2) is 8.78 Å². The van der Waals surface area contributed by atoms with E-state index >= 15 is 0 Å². The molecule has 0 radical (unpaired) electrons. The van der Waals surface area contributed by atoms with E-state index < -0.39 is 17.2 Å². The molecule has 28 heavy (non-hydrogen) atoms. The Kier molecular flexibility index (Phi) is 4.54. The summed E-state index contributed by atoms with van der Waals surface area (Å²) in [4.78, 5) is 29.2. The lowest BCUT2D eigenvalue weighted by atomic mass is 10.1. The number of hydrogen-bond acceptors (Lipinski definition) is 4. The number of aromatic nitrogens is 2. The van der Waals surface area contributed by atoms with E-state index in [0.717, 1.165) is 11.8 Å². The van der Waals surface area contributed by atoms with Crippen LogP contribution in [0.15, 0.2) is 47.3 Å². The molecule has 0 spiro atoms. The van der Waals surface area contributed by atoms with Gasteiger partial charge in [0.2, 0.25) is 5.43 Å². The lowest BCUT2D eigenvalue weighted by molar-refractivity contribution is 0.0737. The van der Waals surface area contributed by atoms with E-state index in [1.807, 2.05) is 4.90 Å². The minimum absolute atomic E-state index is 0.130. The monoisotopic (exact) mass is 384 g/mol. The fourth-order valence-electron chi connectivity index (χ4n) is 3.46. The quantitative estimate of drug-likeness (QED) is 0.680. The molecule has 144 valence electrons. The lowest BCUT2D eigenvalue weighted by Gasteiger charge is -2.35. The summed E-state index contributed by atoms with van der Waals surface area (Å²) in [6, 6.07) is 10.0. The number of aryl methyl sites for hydroxylation is 1. The van der Waals surface area contributed by atoms with Crippen LogP contribution in [0.3, 0.4) is 0 Å². The van der Waals surface area contributed by atoms with E-state index in [2.05, 4.69) is 5.10 Å². The third-order valence-electron chi connectivity index (χ3n) is 4.98. The normalized spacial score (nSPS) is 14.5. The van der Waals surface area contributed by atoms with Crippen LogP contribution in [0.25, 0.3) is 10.9 Å². The molecule has 1 amide bonds. The number of nitrogens with zero attached hydrogens (tertiary/aromatic N) is 4. The van der Waals surface area contributed by atoms with E-state index in [1.165, 1.54) is 28.9 Å². The smallest absolute Gasteiger partial charge is 0.278 e. The number of fused-ring (bicyclic) bond motifs is 1. The first-order valence-electron chi connectivity index (χ1n) is 8.90. The predicted molar refractivity (Wildman–Crippen MR) is 101 cm³/mol. The van der Waals surface area contributed by atoms with Crippen LogP contribution in [0.5, 0.6) is 0 Å². The van der Waals surface area contributed by atoms with Crippen molar-refractivity contribution in [2.75, 3.05) is 31.1 Å². The van der Waals surface area contributed by atoms with Crippen molar-refractivity contribution in [3.63, 3.8) is 0 Å². The van der Waals surface area contributed by atoms with E-state index in [4.69, 9.17) is 0 Å². The van der Waals surface area contributed by atoms with Gasteiger partial charge in [-0.2, -0.15) is 5.10 Å². The number of hydrogen-bond donors (Lipinski definition) is 0. The molecular weight excluding hydrogens is 366 g/mol. The molecule has 0 unspecified atom stereocenters. The topological polar surface area (TPSA) is 58.4 Å². The fourth-order valence-corrected chi connectivity index (χ4v) is 3.46. The van der Waals surface area contributed by atoms with Crippen LogP contribution >= 0.6 is 0 Å². The molecule has 0 atom stereocenters. The number of carbonyl (C=O) groups is 1. The molecule has 0 N–H and O–H groups in total. The minimum atomic E-state index is -0.571. The van der Waals surface area contributed by atoms with Gasteiger partial charge in [0.25, 0.3) is 5.91 Å². The van der Waals surface area contributed by atoms with Crippen LogP contribution < -0.4 is 10.3 Å². The van der Waals surface area contributed by atoms with Gasteiger partial charge >= 0.3 is 0 Å². The number of piperazine rings is 1. The lowest BCUT2D eigenvalue weighted by Crippen LogP contribution is -2.50. The number of anilines is 1. The molecule has 4 rings (SSSR count). The van der Waals surface area contributed by atoms with Crippen molar-refractivity contribution in [1.82, 2.24) is 14.7 Å². The van der Waals surface area contributed by atoms with E-state index in [9.17, 15) is 18.4 Å². The highest BCUT2D eigenvalue weighted by Gasteiger charge is 2.26. The van der Waals surface area contributed by atoms with E-state index in [-0.39, 0.29) is 16.9 Å². The summed E-state index contributed by atoms with van der Waals surface area (Å²) in [5.41, 5.74) is 0.558. The number of benzene rings is 2. The van der Waals surface area contributed by atoms with Crippen LogP contribution in [-0.2, 0) is 7.05 Å². The molecule has 1 fully saturated rings. The Labute approximate surface area is 159 Å². The van der Waals surface area contributed by atoms with Crippen molar-refractivity contribution in [3.05, 3.63) is 70.0 Å². The number of halogens is 2. The number of rotatable bonds is 2. The van der Waals surface area contributed by atoms with Gasteiger partial charge in [-0.15, -0.1) is 0 Å². The Morgan fingerprint density at radius 2 is 1.61 bits per heavy atom. The Morgan fingerprint density at radius 3 is 2.29 bits per heavy atom. The second-order valence-electron chi connectivity index (χ2n) is 6.72. The van der Waals surface area contributed by atoms with Gasteiger partial charge in [0, 0.05) is 38.9 Å². The first-order chi connectivity index (χ1) is 13.4. The van der Waals surface area contributed by atoms with E-state index in [0.29, 0.717) is 31.7 Å². The average Bonchev–Trinajstić information content (AvgIpc) is 2.71. The first-order valence-corrected chi connectivity index (χ1v) is 8.90. The van der Waals surface area contributed by atoms with Gasteiger partial charge in [-0.1, -0.05) is 0 Å². The molecule has 0 saturated carbocycles. The van der Waals surface area contributed by atoms with Crippen molar-refractivity contribution < 1.29 is 13.6 Å². The summed E-state index contributed by atoms with van der Waals surface area (Å²) in [5.74, 6) is -1.31. The summed E-state index contributed by atoms with van der Waals surface area (Å²) in [6.45, 7) is 1.92. The van der Waals surface area contributed by atoms with Gasteiger partial charge in [0.15, 0.2) is 5.69 Å². The Hall–Kier alpha value is -3.29. The van der Waals surface area contributed by atoms with Crippen molar-refractivity contribution in [3.8, 4) is 0 Å². The SMILES string of the molecule is Cn1nc(C(=O)N2CCN(c3ccc(F)cc3)CC2)c(=O)c2cc(F)ccc21. The molecule has 2 aromatic carbocycles. The van der Waals surface area contributed by atoms with Gasteiger partial charge in [0.05, 0.1) is 10.9 Å². The zero-order chi connectivity index (χ0) is 19.8. The summed E-state index contributed by atoms with van der Waals surface area (Å²) in [7, 11) is 1.61. The van der Waals surface area contributed by atoms with Crippen molar-refractivity contribution in [2.24, 2.45) is 7.05 Å². The van der Waals surface area contributed by atoms with Crippen molar-refractivity contribution >= 4 is 22.5 Å². The summed E-state index contributed by atoms with van der Waals surface area (Å²) in [5, 5.41) is 4.26. The highest BCUT2D eigenvalue weighted by Crippen LogP contribution is 2.18. The standard InChI is InChI=1S/C20H18F2N4O2/c1-24-17-7-4-14(22)12-16(17)19(27)18(23-24)20(28)26-10-8-25(9-11-26)15-5-2-13(21)3-6-15/h2-7,12H,8-11H2,1H3. The third-order valence-corrected chi connectivity index (χ3v) is 4.98. The van der Waals surface area contributed by atoms with Crippen LogP contribution in [0.2, 0.25) is 0 Å². The molecule has 1 saturated heterocycles. The largest absolute Gasteiger partial charge is 0.368 e. The molecule has 0 aliphatic carbocycles. The molecular formula is C20H18F2N4O2. The predicted octanol–water partition coefficient (Wildman–Crippen LogP) is 2.17. The summed E-state index contributed by atoms with van der Waals surface area (Å²) in [6.07, 6.45) is 0. The summed E-state index contributed by atoms with van der Waals surface area (Å²) >= 11 is 0. The molecule has 1 aliphatic rings. The Balaban J connectivity index is 1.56. The van der Waals surface area contributed by atoms with E-state index in [1.54, 1.807) is 24.1 Å². The Bertz CT molecular complexity index is 1100. The second-order valence-corrected chi connectivity index (χ2v) is 6.72. The molecule has 3 aromatic rings. The van der Waals surface area contributed by atoms with Gasteiger partial charge in [0.1, 0.15) is 11.6 Å². The van der Waals surface area contributed by atoms with Gasteiger partial charge in [-0.3, -0.25) is 14.3 Å². The molecule has 0 bridgehead atoms. The Morgan fingerprint density at radius 1 is 0.964 bits per heavy atom. The molecule has 8 heteroatoms. The van der Waals surface area contributed by atoms with Crippen LogP contribution in [0, 0.1) is 11.6 Å². The zero-order valence-corrected chi connectivity index (χ0v) is 15.2. The maximum absolute atomic E-state index is 13.6.